The fraction of sp³-hybridized carbons (Fsp3) is 0.756. The van der Waals surface area contributed by atoms with Gasteiger partial charge in [0.25, 0.3) is 0 Å². The maximum absolute atomic E-state index is 12.6. The minimum absolute atomic E-state index is 0.0299. The number of amides is 9. The van der Waals surface area contributed by atoms with Crippen LogP contribution in [0.3, 0.4) is 0 Å². The predicted molar refractivity (Wildman–Crippen MR) is 222 cm³/mol. The molecule has 6 rings (SSSR count). The van der Waals surface area contributed by atoms with Gasteiger partial charge in [-0.2, -0.15) is 0 Å². The number of carbonyl (C=O) groups is 10. The van der Waals surface area contributed by atoms with Crippen molar-refractivity contribution in [1.82, 2.24) is 40.9 Å². The fourth-order valence-electron chi connectivity index (χ4n) is 7.57. The molecule has 6 aliphatic heterocycles. The van der Waals surface area contributed by atoms with E-state index in [0.29, 0.717) is 77.2 Å². The van der Waals surface area contributed by atoms with Crippen molar-refractivity contribution in [1.29, 1.82) is 0 Å². The Morgan fingerprint density at radius 1 is 0.613 bits per heavy atom. The van der Waals surface area contributed by atoms with Gasteiger partial charge in [-0.05, 0) is 78.6 Å². The smallest absolute Gasteiger partial charge is 0.417 e. The highest BCUT2D eigenvalue weighted by Gasteiger charge is 2.43. The van der Waals surface area contributed by atoms with Crippen molar-refractivity contribution >= 4 is 59.3 Å². The van der Waals surface area contributed by atoms with Gasteiger partial charge in [0.2, 0.25) is 47.3 Å². The van der Waals surface area contributed by atoms with Gasteiger partial charge in [0.05, 0.1) is 0 Å². The third-order valence-corrected chi connectivity index (χ3v) is 11.3. The molecule has 9 amide bonds. The number of likely N-dealkylation sites (tertiary alicyclic amines) is 4. The second kappa shape index (κ2) is 23.8. The third-order valence-electron chi connectivity index (χ3n) is 11.3. The number of hydrogen-bond acceptors (Lipinski definition) is 12. The molecule has 0 unspecified atom stereocenters. The van der Waals surface area contributed by atoms with Crippen molar-refractivity contribution in [2.24, 2.45) is 5.73 Å². The van der Waals surface area contributed by atoms with Crippen LogP contribution in [-0.2, 0) is 47.9 Å². The van der Waals surface area contributed by atoms with Crippen molar-refractivity contribution in [3.63, 3.8) is 0 Å². The Kier molecular flexibility index (Phi) is 19.5. The molecule has 7 N–H and O–H groups in total. The van der Waals surface area contributed by atoms with E-state index in [9.17, 15) is 47.9 Å². The normalized spacial score (nSPS) is 23.3. The number of carboxylic acid groups (broad SMARTS) is 1. The number of hydrogen-bond donors (Lipinski definition) is 6. The Bertz CT molecular complexity index is 1650. The Labute approximate surface area is 362 Å². The number of rotatable bonds is 5. The molecule has 21 nitrogen and oxygen atoms in total. The van der Waals surface area contributed by atoms with Crippen LogP contribution in [0.1, 0.15) is 119 Å². The molecule has 62 heavy (non-hydrogen) atoms. The summed E-state index contributed by atoms with van der Waals surface area (Å²) in [6, 6.07) is -1.46. The number of carboxylic acids is 1. The largest absolute Gasteiger partial charge is 0.480 e. The SMILES string of the molecule is CC(=O)N1CCC(N)CC1.CC(=O)N1CCC(NC(=O)[C@@H]2CCC(=O)N2)CC1.CC(=O)N1CCC(NC(=O)[C@@H]2CCC(=O)N2C(=O)OC(C)(C)C)CC1.O=C1CC[C@@H](C(=O)O)N1. The van der Waals surface area contributed by atoms with E-state index in [4.69, 9.17) is 15.6 Å². The van der Waals surface area contributed by atoms with Crippen LogP contribution in [0.5, 0.6) is 0 Å². The van der Waals surface area contributed by atoms with E-state index < -0.39 is 29.7 Å². The first-order valence-electron chi connectivity index (χ1n) is 21.5. The molecule has 0 aromatic rings. The highest BCUT2D eigenvalue weighted by atomic mass is 16.6. The van der Waals surface area contributed by atoms with E-state index >= 15 is 0 Å². The Morgan fingerprint density at radius 3 is 1.37 bits per heavy atom. The molecule has 6 fully saturated rings. The summed E-state index contributed by atoms with van der Waals surface area (Å²) in [6.07, 6.45) is 6.27. The standard InChI is InChI=1S/C17H27N3O5.C12H19N3O3.C7H14N2O.C5H7NO3/c1-11(21)19-9-7-12(8-10-19)18-15(23)13-5-6-14(22)20(13)16(24)25-17(2,3)4;1-8(16)15-6-4-9(5-7-15)13-12(18)10-2-3-11(17)14-10;1-6(10)9-4-2-7(8)3-5-9;7-4-2-1-3(6-4)5(8)9/h12-13H,5-10H2,1-4H3,(H,18,23);9-10H,2-7H2,1H3,(H,13,18)(H,14,17);7H,2-5,8H2,1H3;3H,1-2H2,(H,6,7)(H,8,9)/t13-;10-;;3-/m00.0/s1. The first-order chi connectivity index (χ1) is 29.0. The Morgan fingerprint density at radius 2 is 1.02 bits per heavy atom. The van der Waals surface area contributed by atoms with Gasteiger partial charge < -0.3 is 51.5 Å². The van der Waals surface area contributed by atoms with Crippen LogP contribution >= 0.6 is 0 Å². The van der Waals surface area contributed by atoms with Crippen LogP contribution in [0.2, 0.25) is 0 Å². The molecule has 0 bridgehead atoms. The second-order valence-electron chi connectivity index (χ2n) is 17.4. The predicted octanol–water partition coefficient (Wildman–Crippen LogP) is -0.263. The summed E-state index contributed by atoms with van der Waals surface area (Å²) in [5.74, 6) is -1.69. The number of carbonyl (C=O) groups excluding carboxylic acids is 9. The van der Waals surface area contributed by atoms with E-state index in [1.54, 1.807) is 44.4 Å². The lowest BCUT2D eigenvalue weighted by Gasteiger charge is -2.33. The molecule has 0 radical (unpaired) electrons. The van der Waals surface area contributed by atoms with Crippen LogP contribution < -0.4 is 27.0 Å². The number of nitrogens with zero attached hydrogens (tertiary/aromatic N) is 4. The van der Waals surface area contributed by atoms with E-state index in [1.165, 1.54) is 6.92 Å². The molecule has 348 valence electrons. The van der Waals surface area contributed by atoms with Crippen molar-refractivity contribution in [2.45, 2.75) is 160 Å². The summed E-state index contributed by atoms with van der Waals surface area (Å²) >= 11 is 0. The van der Waals surface area contributed by atoms with Crippen molar-refractivity contribution in [3.05, 3.63) is 0 Å². The summed E-state index contributed by atoms with van der Waals surface area (Å²) in [4.78, 5) is 120. The number of ether oxygens (including phenoxy) is 1. The zero-order valence-corrected chi connectivity index (χ0v) is 37.0. The second-order valence-corrected chi connectivity index (χ2v) is 17.4. The van der Waals surface area contributed by atoms with Gasteiger partial charge in [0.1, 0.15) is 23.7 Å². The van der Waals surface area contributed by atoms with E-state index in [-0.39, 0.29) is 71.8 Å². The highest BCUT2D eigenvalue weighted by Crippen LogP contribution is 2.23. The summed E-state index contributed by atoms with van der Waals surface area (Å²) < 4.78 is 5.24. The van der Waals surface area contributed by atoms with Gasteiger partial charge in [-0.1, -0.05) is 0 Å². The van der Waals surface area contributed by atoms with Crippen LogP contribution in [0.15, 0.2) is 0 Å². The molecule has 3 atom stereocenters. The summed E-state index contributed by atoms with van der Waals surface area (Å²) in [6.45, 7) is 14.1. The lowest BCUT2D eigenvalue weighted by Crippen LogP contribution is -2.53. The Balaban J connectivity index is 0.000000239. The molecule has 6 saturated heterocycles. The average molecular weight is 878 g/mol. The number of imide groups is 1. The van der Waals surface area contributed by atoms with Crippen LogP contribution in [0.25, 0.3) is 0 Å². The molecular weight excluding hydrogens is 811 g/mol. The van der Waals surface area contributed by atoms with Gasteiger partial charge in [0, 0.05) is 97.4 Å². The average Bonchev–Trinajstić information content (AvgIpc) is 3.95. The van der Waals surface area contributed by atoms with Crippen molar-refractivity contribution in [2.75, 3.05) is 39.3 Å². The summed E-state index contributed by atoms with van der Waals surface area (Å²) in [5.41, 5.74) is 4.92. The summed E-state index contributed by atoms with van der Waals surface area (Å²) in [5, 5.41) is 19.1. The van der Waals surface area contributed by atoms with Gasteiger partial charge in [-0.15, -0.1) is 0 Å². The Hall–Kier alpha value is -5.34. The topological polar surface area (TPSA) is 287 Å². The highest BCUT2D eigenvalue weighted by molar-refractivity contribution is 6.00. The van der Waals surface area contributed by atoms with Crippen molar-refractivity contribution < 1.29 is 57.8 Å². The van der Waals surface area contributed by atoms with Gasteiger partial charge >= 0.3 is 12.1 Å². The lowest BCUT2D eigenvalue weighted by molar-refractivity contribution is -0.140. The minimum atomic E-state index is -0.944. The van der Waals surface area contributed by atoms with Gasteiger partial charge in [-0.3, -0.25) is 38.4 Å². The molecule has 0 saturated carbocycles. The fourth-order valence-corrected chi connectivity index (χ4v) is 7.57. The van der Waals surface area contributed by atoms with Crippen molar-refractivity contribution in [3.8, 4) is 0 Å². The summed E-state index contributed by atoms with van der Waals surface area (Å²) in [7, 11) is 0. The molecule has 0 spiro atoms. The molecule has 21 heteroatoms. The molecule has 0 aromatic heterocycles. The zero-order valence-electron chi connectivity index (χ0n) is 37.0. The number of aliphatic carboxylic acids is 1. The van der Waals surface area contributed by atoms with E-state index in [1.807, 2.05) is 4.90 Å². The lowest BCUT2D eigenvalue weighted by atomic mass is 10.0. The molecular formula is C41H67N9O12. The van der Waals surface area contributed by atoms with Crippen LogP contribution in [0.4, 0.5) is 4.79 Å². The number of nitrogens with two attached hydrogens (primary N) is 1. The third kappa shape index (κ3) is 16.8. The maximum Gasteiger partial charge on any atom is 0.417 e. The van der Waals surface area contributed by atoms with E-state index in [2.05, 4.69) is 21.3 Å². The number of piperidine rings is 3. The number of nitrogens with one attached hydrogen (secondary N) is 4. The van der Waals surface area contributed by atoms with Gasteiger partial charge in [0.15, 0.2) is 0 Å². The first-order valence-corrected chi connectivity index (χ1v) is 21.5. The molecule has 6 aliphatic rings. The van der Waals surface area contributed by atoms with E-state index in [0.717, 1.165) is 43.7 Å². The monoisotopic (exact) mass is 877 g/mol. The van der Waals surface area contributed by atoms with Crippen LogP contribution in [-0.4, -0.2) is 165 Å². The molecule has 6 heterocycles. The van der Waals surface area contributed by atoms with Crippen LogP contribution in [0, 0.1) is 0 Å². The minimum Gasteiger partial charge on any atom is -0.480 e. The maximum atomic E-state index is 12.6. The zero-order chi connectivity index (χ0) is 46.3. The quantitative estimate of drug-likeness (QED) is 0.208. The van der Waals surface area contributed by atoms with Gasteiger partial charge in [-0.25, -0.2) is 14.5 Å². The first kappa shape index (κ1) is 51.0. The molecule has 0 aliphatic carbocycles. The molecule has 0 aromatic carbocycles.